The highest BCUT2D eigenvalue weighted by Gasteiger charge is 2.29. The number of hydrogen-bond donors (Lipinski definition) is 3. The molecule has 1 unspecified atom stereocenters. The first-order chi connectivity index (χ1) is 7.75. The Morgan fingerprint density at radius 1 is 1.25 bits per heavy atom. The standard InChI is InChI=1S/C13H17NO2/c15-9-5-4-8-7-14-11-2-1-3-12(16)13(11)10(8)6-9/h6,12,14-16H,1-5,7H2. The van der Waals surface area contributed by atoms with Gasteiger partial charge in [-0.1, -0.05) is 0 Å². The van der Waals surface area contributed by atoms with E-state index in [4.69, 9.17) is 0 Å². The van der Waals surface area contributed by atoms with Crippen LogP contribution in [0.25, 0.3) is 0 Å². The molecule has 86 valence electrons. The van der Waals surface area contributed by atoms with Gasteiger partial charge in [0, 0.05) is 24.2 Å². The van der Waals surface area contributed by atoms with E-state index in [2.05, 4.69) is 5.32 Å². The minimum atomic E-state index is -0.358. The van der Waals surface area contributed by atoms with E-state index < -0.39 is 0 Å². The van der Waals surface area contributed by atoms with E-state index in [0.717, 1.165) is 49.8 Å². The van der Waals surface area contributed by atoms with Gasteiger partial charge in [0.05, 0.1) is 11.9 Å². The molecule has 3 heteroatoms. The van der Waals surface area contributed by atoms with Crippen LogP contribution in [0, 0.1) is 0 Å². The van der Waals surface area contributed by atoms with Crippen molar-refractivity contribution < 1.29 is 10.2 Å². The largest absolute Gasteiger partial charge is 0.512 e. The third kappa shape index (κ3) is 1.47. The van der Waals surface area contributed by atoms with Crippen molar-refractivity contribution in [2.45, 2.75) is 38.2 Å². The molecule has 3 N–H and O–H groups in total. The lowest BCUT2D eigenvalue weighted by atomic mass is 9.80. The summed E-state index contributed by atoms with van der Waals surface area (Å²) in [6, 6.07) is 0. The second-order valence-corrected chi connectivity index (χ2v) is 4.81. The van der Waals surface area contributed by atoms with Crippen LogP contribution in [-0.2, 0) is 0 Å². The Morgan fingerprint density at radius 2 is 2.12 bits per heavy atom. The maximum atomic E-state index is 10.1. The predicted octanol–water partition coefficient (Wildman–Crippen LogP) is 1.92. The van der Waals surface area contributed by atoms with Gasteiger partial charge in [-0.05, 0) is 42.9 Å². The summed E-state index contributed by atoms with van der Waals surface area (Å²) in [7, 11) is 0. The first-order valence-corrected chi connectivity index (χ1v) is 6.02. The molecule has 0 fully saturated rings. The Balaban J connectivity index is 2.07. The monoisotopic (exact) mass is 219 g/mol. The van der Waals surface area contributed by atoms with Crippen LogP contribution in [-0.4, -0.2) is 22.9 Å². The summed E-state index contributed by atoms with van der Waals surface area (Å²) in [6.07, 6.45) is 6.05. The molecule has 0 amide bonds. The summed E-state index contributed by atoms with van der Waals surface area (Å²) >= 11 is 0. The third-order valence-electron chi connectivity index (χ3n) is 3.74. The van der Waals surface area contributed by atoms with Gasteiger partial charge in [0.25, 0.3) is 0 Å². The zero-order valence-corrected chi connectivity index (χ0v) is 9.29. The van der Waals surface area contributed by atoms with Crippen molar-refractivity contribution >= 4 is 0 Å². The SMILES string of the molecule is OC1=CC2=C(CC1)CNC1=C2C(O)CCC1. The van der Waals surface area contributed by atoms with Gasteiger partial charge in [0.15, 0.2) is 0 Å². The fourth-order valence-electron chi connectivity index (χ4n) is 2.90. The summed E-state index contributed by atoms with van der Waals surface area (Å²) in [5, 5.41) is 23.1. The Hall–Kier alpha value is -1.22. The Morgan fingerprint density at radius 3 is 3.00 bits per heavy atom. The number of aliphatic hydroxyl groups excluding tert-OH is 2. The molecule has 2 aliphatic carbocycles. The van der Waals surface area contributed by atoms with E-state index in [0.29, 0.717) is 5.76 Å². The van der Waals surface area contributed by atoms with Gasteiger partial charge in [-0.25, -0.2) is 0 Å². The number of allylic oxidation sites excluding steroid dienone is 3. The average Bonchev–Trinajstić information content (AvgIpc) is 2.28. The van der Waals surface area contributed by atoms with Gasteiger partial charge < -0.3 is 15.5 Å². The Kier molecular flexibility index (Phi) is 2.28. The van der Waals surface area contributed by atoms with Crippen molar-refractivity contribution in [1.29, 1.82) is 0 Å². The number of nitrogens with one attached hydrogen (secondary N) is 1. The van der Waals surface area contributed by atoms with Crippen molar-refractivity contribution in [3.63, 3.8) is 0 Å². The molecule has 1 aliphatic heterocycles. The minimum Gasteiger partial charge on any atom is -0.512 e. The van der Waals surface area contributed by atoms with Crippen molar-refractivity contribution in [3.05, 3.63) is 34.3 Å². The molecule has 0 saturated carbocycles. The van der Waals surface area contributed by atoms with Gasteiger partial charge >= 0.3 is 0 Å². The van der Waals surface area contributed by atoms with Crippen molar-refractivity contribution in [2.75, 3.05) is 6.54 Å². The number of dihydropyridines is 1. The summed E-state index contributed by atoms with van der Waals surface area (Å²) in [5.41, 5.74) is 4.66. The average molecular weight is 219 g/mol. The van der Waals surface area contributed by atoms with E-state index in [-0.39, 0.29) is 6.10 Å². The summed E-state index contributed by atoms with van der Waals surface area (Å²) in [5.74, 6) is 0.449. The molecule has 0 saturated heterocycles. The molecule has 0 aromatic heterocycles. The molecular weight excluding hydrogens is 202 g/mol. The van der Waals surface area contributed by atoms with Gasteiger partial charge in [-0.2, -0.15) is 0 Å². The molecule has 0 radical (unpaired) electrons. The van der Waals surface area contributed by atoms with Gasteiger partial charge in [0.2, 0.25) is 0 Å². The predicted molar refractivity (Wildman–Crippen MR) is 61.9 cm³/mol. The third-order valence-corrected chi connectivity index (χ3v) is 3.74. The first-order valence-electron chi connectivity index (χ1n) is 6.02. The van der Waals surface area contributed by atoms with Crippen LogP contribution in [0.15, 0.2) is 34.3 Å². The van der Waals surface area contributed by atoms with E-state index in [9.17, 15) is 10.2 Å². The Bertz CT molecular complexity index is 418. The zero-order valence-electron chi connectivity index (χ0n) is 9.29. The zero-order chi connectivity index (χ0) is 11.1. The Labute approximate surface area is 95.2 Å². The van der Waals surface area contributed by atoms with Crippen molar-refractivity contribution in [3.8, 4) is 0 Å². The molecule has 1 atom stereocenters. The highest BCUT2D eigenvalue weighted by molar-refractivity contribution is 5.53. The fraction of sp³-hybridized carbons (Fsp3) is 0.538. The van der Waals surface area contributed by atoms with E-state index >= 15 is 0 Å². The minimum absolute atomic E-state index is 0.358. The molecule has 3 rings (SSSR count). The molecule has 3 nitrogen and oxygen atoms in total. The van der Waals surface area contributed by atoms with E-state index in [1.54, 1.807) is 0 Å². The molecular formula is C13H17NO2. The van der Waals surface area contributed by atoms with Crippen LogP contribution >= 0.6 is 0 Å². The molecule has 0 aromatic rings. The van der Waals surface area contributed by atoms with Crippen LogP contribution in [0.2, 0.25) is 0 Å². The van der Waals surface area contributed by atoms with Crippen molar-refractivity contribution in [1.82, 2.24) is 5.32 Å². The highest BCUT2D eigenvalue weighted by Crippen LogP contribution is 2.37. The molecule has 0 bridgehead atoms. The maximum Gasteiger partial charge on any atom is 0.0931 e. The number of rotatable bonds is 0. The van der Waals surface area contributed by atoms with Gasteiger partial charge in [0.1, 0.15) is 0 Å². The molecule has 0 spiro atoms. The lowest BCUT2D eigenvalue weighted by Gasteiger charge is -2.34. The molecule has 16 heavy (non-hydrogen) atoms. The molecule has 1 heterocycles. The second kappa shape index (κ2) is 3.67. The van der Waals surface area contributed by atoms with E-state index in [1.807, 2.05) is 6.08 Å². The van der Waals surface area contributed by atoms with Crippen LogP contribution in [0.3, 0.4) is 0 Å². The van der Waals surface area contributed by atoms with Gasteiger partial charge in [-0.3, -0.25) is 0 Å². The van der Waals surface area contributed by atoms with Crippen LogP contribution < -0.4 is 5.32 Å². The van der Waals surface area contributed by atoms with Crippen molar-refractivity contribution in [2.24, 2.45) is 0 Å². The van der Waals surface area contributed by atoms with Crippen LogP contribution in [0.4, 0.5) is 0 Å². The van der Waals surface area contributed by atoms with Gasteiger partial charge in [-0.15, -0.1) is 0 Å². The smallest absolute Gasteiger partial charge is 0.0931 e. The summed E-state index contributed by atoms with van der Waals surface area (Å²) in [4.78, 5) is 0. The second-order valence-electron chi connectivity index (χ2n) is 4.81. The number of fused-ring (bicyclic) bond motifs is 1. The maximum absolute atomic E-state index is 10.1. The lowest BCUT2D eigenvalue weighted by Crippen LogP contribution is -2.32. The highest BCUT2D eigenvalue weighted by atomic mass is 16.3. The normalized spacial score (nSPS) is 29.3. The fourth-order valence-corrected chi connectivity index (χ4v) is 2.90. The molecule has 0 aromatic carbocycles. The quantitative estimate of drug-likeness (QED) is 0.583. The molecule has 3 aliphatic rings. The summed E-state index contributed by atoms with van der Waals surface area (Å²) < 4.78 is 0. The number of hydrogen-bond acceptors (Lipinski definition) is 3. The topological polar surface area (TPSA) is 52.5 Å². The number of aliphatic hydroxyl groups is 2. The van der Waals surface area contributed by atoms with Crippen LogP contribution in [0.1, 0.15) is 32.1 Å². The lowest BCUT2D eigenvalue weighted by molar-refractivity contribution is 0.188. The summed E-state index contributed by atoms with van der Waals surface area (Å²) in [6.45, 7) is 0.880. The van der Waals surface area contributed by atoms with Crippen LogP contribution in [0.5, 0.6) is 0 Å². The first kappa shape index (κ1) is 9.97. The van der Waals surface area contributed by atoms with E-state index in [1.165, 1.54) is 11.3 Å².